The molecule has 0 spiro atoms. The fourth-order valence-electron chi connectivity index (χ4n) is 8.31. The molecule has 0 fully saturated rings. The van der Waals surface area contributed by atoms with E-state index in [-0.39, 0.29) is 0 Å². The third-order valence-corrected chi connectivity index (χ3v) is 10.9. The van der Waals surface area contributed by atoms with Gasteiger partial charge in [-0.15, -0.1) is 0 Å². The molecule has 0 bridgehead atoms. The van der Waals surface area contributed by atoms with E-state index in [1.807, 2.05) is 12.1 Å². The number of nitrogens with zero attached hydrogens (tertiary/aromatic N) is 1. The van der Waals surface area contributed by atoms with Gasteiger partial charge in [-0.3, -0.25) is 0 Å². The van der Waals surface area contributed by atoms with Crippen molar-refractivity contribution >= 4 is 71.7 Å². The van der Waals surface area contributed by atoms with Gasteiger partial charge in [-0.2, -0.15) is 0 Å². The first-order valence-corrected chi connectivity index (χ1v) is 18.7. The summed E-state index contributed by atoms with van der Waals surface area (Å²) >= 11 is 0. The normalized spacial score (nSPS) is 11.6. The molecular formula is C52H33NO2. The summed E-state index contributed by atoms with van der Waals surface area (Å²) < 4.78 is 13.4. The highest BCUT2D eigenvalue weighted by Crippen LogP contribution is 2.49. The maximum absolute atomic E-state index is 7.00. The lowest BCUT2D eigenvalue weighted by molar-refractivity contribution is 0.669. The molecule has 55 heavy (non-hydrogen) atoms. The Balaban J connectivity index is 1.19. The van der Waals surface area contributed by atoms with Gasteiger partial charge in [0, 0.05) is 22.0 Å². The molecule has 3 nitrogen and oxygen atoms in total. The highest BCUT2D eigenvalue weighted by atomic mass is 16.3. The average Bonchev–Trinajstić information content (AvgIpc) is 3.85. The largest absolute Gasteiger partial charge is 0.456 e. The molecule has 0 radical (unpaired) electrons. The minimum atomic E-state index is 0.834. The van der Waals surface area contributed by atoms with Crippen LogP contribution in [0.2, 0.25) is 0 Å². The first kappa shape index (κ1) is 31.2. The first-order chi connectivity index (χ1) is 27.3. The van der Waals surface area contributed by atoms with Crippen LogP contribution in [0.25, 0.3) is 88.0 Å². The van der Waals surface area contributed by atoms with Crippen LogP contribution in [-0.4, -0.2) is 0 Å². The van der Waals surface area contributed by atoms with Gasteiger partial charge < -0.3 is 13.7 Å². The summed E-state index contributed by atoms with van der Waals surface area (Å²) in [7, 11) is 0. The van der Waals surface area contributed by atoms with Crippen LogP contribution < -0.4 is 4.90 Å². The van der Waals surface area contributed by atoms with Gasteiger partial charge in [0.2, 0.25) is 0 Å². The van der Waals surface area contributed by atoms with E-state index in [2.05, 4.69) is 193 Å². The van der Waals surface area contributed by atoms with Crippen LogP contribution in [0.4, 0.5) is 17.1 Å². The van der Waals surface area contributed by atoms with E-state index in [0.717, 1.165) is 88.4 Å². The molecule has 0 aliphatic carbocycles. The molecule has 11 aromatic rings. The number of rotatable bonds is 6. The minimum absolute atomic E-state index is 0.834. The van der Waals surface area contributed by atoms with Crippen LogP contribution in [0.1, 0.15) is 0 Å². The van der Waals surface area contributed by atoms with E-state index in [9.17, 15) is 0 Å². The second-order valence-corrected chi connectivity index (χ2v) is 14.0. The average molecular weight is 704 g/mol. The van der Waals surface area contributed by atoms with E-state index in [4.69, 9.17) is 8.83 Å². The quantitative estimate of drug-likeness (QED) is 0.173. The third kappa shape index (κ3) is 5.13. The van der Waals surface area contributed by atoms with Crippen molar-refractivity contribution in [1.29, 1.82) is 0 Å². The van der Waals surface area contributed by atoms with Crippen LogP contribution in [0, 0.1) is 0 Å². The van der Waals surface area contributed by atoms with Gasteiger partial charge in [-0.25, -0.2) is 0 Å². The van der Waals surface area contributed by atoms with Crippen LogP contribution >= 0.6 is 0 Å². The molecule has 0 aliphatic heterocycles. The molecule has 0 unspecified atom stereocenters. The SMILES string of the molecule is c1ccc(-c2ccc(-c3cc4ccccc4c4c3oc3cccc(N(c5ccc(-c6ccccc6)cc5)c5cccc6oc7ccccc7c56)c34)cc2)cc1. The Hall–Kier alpha value is -7.36. The number of anilines is 3. The van der Waals surface area contributed by atoms with Gasteiger partial charge in [0.25, 0.3) is 0 Å². The number of para-hydroxylation sites is 1. The maximum Gasteiger partial charge on any atom is 0.143 e. The van der Waals surface area contributed by atoms with E-state index in [0.29, 0.717) is 0 Å². The highest BCUT2D eigenvalue weighted by Gasteiger charge is 2.25. The van der Waals surface area contributed by atoms with Crippen LogP contribution in [0.5, 0.6) is 0 Å². The third-order valence-electron chi connectivity index (χ3n) is 10.9. The van der Waals surface area contributed by atoms with E-state index < -0.39 is 0 Å². The molecule has 0 saturated heterocycles. The summed E-state index contributed by atoms with van der Waals surface area (Å²) in [4.78, 5) is 2.38. The highest BCUT2D eigenvalue weighted by molar-refractivity contribution is 6.27. The Kier molecular flexibility index (Phi) is 7.17. The van der Waals surface area contributed by atoms with Crippen LogP contribution in [-0.2, 0) is 0 Å². The number of hydrogen-bond donors (Lipinski definition) is 0. The summed E-state index contributed by atoms with van der Waals surface area (Å²) in [6, 6.07) is 70.8. The monoisotopic (exact) mass is 703 g/mol. The van der Waals surface area contributed by atoms with Gasteiger partial charge in [-0.05, 0) is 87.1 Å². The topological polar surface area (TPSA) is 29.5 Å². The molecule has 0 aliphatic rings. The summed E-state index contributed by atoms with van der Waals surface area (Å²) in [5.74, 6) is 0. The van der Waals surface area contributed by atoms with Gasteiger partial charge in [0.05, 0.1) is 22.1 Å². The predicted octanol–water partition coefficient (Wildman–Crippen LogP) is 15.1. The van der Waals surface area contributed by atoms with Crippen molar-refractivity contribution in [2.24, 2.45) is 0 Å². The maximum atomic E-state index is 7.00. The summed E-state index contributed by atoms with van der Waals surface area (Å²) in [5.41, 5.74) is 13.4. The Labute approximate surface area is 317 Å². The zero-order valence-corrected chi connectivity index (χ0v) is 29.8. The van der Waals surface area contributed by atoms with Crippen molar-refractivity contribution in [2.45, 2.75) is 0 Å². The molecule has 3 heteroatoms. The molecule has 258 valence electrons. The molecule has 0 atom stereocenters. The van der Waals surface area contributed by atoms with Crippen LogP contribution in [0.15, 0.2) is 209 Å². The summed E-state index contributed by atoms with van der Waals surface area (Å²) in [5, 5.41) is 6.62. The van der Waals surface area contributed by atoms with Gasteiger partial charge in [-0.1, -0.05) is 152 Å². The van der Waals surface area contributed by atoms with Crippen molar-refractivity contribution in [3.8, 4) is 33.4 Å². The van der Waals surface area contributed by atoms with Crippen molar-refractivity contribution < 1.29 is 8.83 Å². The second-order valence-electron chi connectivity index (χ2n) is 14.0. The lowest BCUT2D eigenvalue weighted by atomic mass is 9.94. The lowest BCUT2D eigenvalue weighted by Gasteiger charge is -2.27. The summed E-state index contributed by atoms with van der Waals surface area (Å²) in [6.45, 7) is 0. The van der Waals surface area contributed by atoms with E-state index >= 15 is 0 Å². The molecule has 0 saturated carbocycles. The molecule has 2 heterocycles. The Morgan fingerprint density at radius 2 is 0.836 bits per heavy atom. The summed E-state index contributed by atoms with van der Waals surface area (Å²) in [6.07, 6.45) is 0. The standard InChI is InChI=1S/C52H33NO2/c1-3-13-34(14-4-1)36-25-27-38(28-26-36)43-33-39-17-7-8-18-41(39)50-51-45(21-12-24-48(51)55-52(43)50)53(40-31-29-37(30-32-40)35-15-5-2-6-16-35)44-20-11-23-47-49(44)42-19-9-10-22-46(42)54-47/h1-33H. The fourth-order valence-corrected chi connectivity index (χ4v) is 8.31. The number of furan rings is 2. The smallest absolute Gasteiger partial charge is 0.143 e. The van der Waals surface area contributed by atoms with Crippen molar-refractivity contribution in [1.82, 2.24) is 0 Å². The van der Waals surface area contributed by atoms with E-state index in [1.54, 1.807) is 0 Å². The van der Waals surface area contributed by atoms with Crippen molar-refractivity contribution in [3.63, 3.8) is 0 Å². The van der Waals surface area contributed by atoms with Crippen molar-refractivity contribution in [3.05, 3.63) is 200 Å². The number of benzene rings is 9. The molecule has 0 amide bonds. The van der Waals surface area contributed by atoms with Crippen LogP contribution in [0.3, 0.4) is 0 Å². The van der Waals surface area contributed by atoms with Gasteiger partial charge in [0.1, 0.15) is 22.3 Å². The Bertz CT molecular complexity index is 3180. The molecule has 2 aromatic heterocycles. The zero-order chi connectivity index (χ0) is 36.3. The number of fused-ring (bicyclic) bond motifs is 8. The molecule has 9 aromatic carbocycles. The Morgan fingerprint density at radius 3 is 1.53 bits per heavy atom. The van der Waals surface area contributed by atoms with Gasteiger partial charge >= 0.3 is 0 Å². The first-order valence-electron chi connectivity index (χ1n) is 18.7. The second kappa shape index (κ2) is 12.6. The minimum Gasteiger partial charge on any atom is -0.456 e. The van der Waals surface area contributed by atoms with Gasteiger partial charge in [0.15, 0.2) is 0 Å². The molecule has 11 rings (SSSR count). The predicted molar refractivity (Wildman–Crippen MR) is 229 cm³/mol. The van der Waals surface area contributed by atoms with Crippen molar-refractivity contribution in [2.75, 3.05) is 4.90 Å². The molecule has 0 N–H and O–H groups in total. The molecular weight excluding hydrogens is 671 g/mol. The Morgan fingerprint density at radius 1 is 0.327 bits per heavy atom. The fraction of sp³-hybridized carbons (Fsp3) is 0. The lowest BCUT2D eigenvalue weighted by Crippen LogP contribution is -2.10. The van der Waals surface area contributed by atoms with E-state index in [1.165, 1.54) is 16.7 Å². The zero-order valence-electron chi connectivity index (χ0n) is 29.8. The number of hydrogen-bond acceptors (Lipinski definition) is 3.